The second-order valence-electron chi connectivity index (χ2n) is 6.81. The lowest BCUT2D eigenvalue weighted by atomic mass is 10.2. The van der Waals surface area contributed by atoms with E-state index in [9.17, 15) is 4.79 Å². The Bertz CT molecular complexity index is 959. The van der Waals surface area contributed by atoms with Crippen LogP contribution in [0.3, 0.4) is 0 Å². The highest BCUT2D eigenvalue weighted by atomic mass is 32.1. The van der Waals surface area contributed by atoms with E-state index in [1.807, 2.05) is 53.9 Å². The van der Waals surface area contributed by atoms with Gasteiger partial charge < -0.3 is 14.4 Å². The quantitative estimate of drug-likeness (QED) is 0.618. The number of thiazole rings is 1. The molecule has 1 unspecified atom stereocenters. The minimum absolute atomic E-state index is 0.0527. The summed E-state index contributed by atoms with van der Waals surface area (Å²) in [6.45, 7) is 3.14. The van der Waals surface area contributed by atoms with Gasteiger partial charge in [-0.1, -0.05) is 18.2 Å². The fourth-order valence-corrected chi connectivity index (χ4v) is 4.08. The van der Waals surface area contributed by atoms with E-state index in [1.54, 1.807) is 26.0 Å². The second kappa shape index (κ2) is 9.54. The Labute approximate surface area is 175 Å². The minimum Gasteiger partial charge on any atom is -0.493 e. The smallest absolute Gasteiger partial charge is 0.230 e. The van der Waals surface area contributed by atoms with Gasteiger partial charge in [-0.05, 0) is 30.3 Å². The normalized spacial score (nSPS) is 11.7. The predicted molar refractivity (Wildman–Crippen MR) is 115 cm³/mol. The number of aromatic nitrogens is 1. The summed E-state index contributed by atoms with van der Waals surface area (Å²) in [5.74, 6) is 1.40. The van der Waals surface area contributed by atoms with Crippen LogP contribution in [0.1, 0.15) is 18.2 Å². The van der Waals surface area contributed by atoms with Gasteiger partial charge in [0, 0.05) is 17.9 Å². The number of ether oxygens (including phenoxy) is 2. The lowest BCUT2D eigenvalue weighted by Crippen LogP contribution is -3.06. The number of rotatable bonds is 8. The van der Waals surface area contributed by atoms with Crippen LogP contribution in [0.5, 0.6) is 11.5 Å². The van der Waals surface area contributed by atoms with E-state index in [0.29, 0.717) is 5.13 Å². The highest BCUT2D eigenvalue weighted by molar-refractivity contribution is 7.14. The van der Waals surface area contributed by atoms with E-state index >= 15 is 0 Å². The van der Waals surface area contributed by atoms with Gasteiger partial charge in [0.05, 0.1) is 27.0 Å². The largest absolute Gasteiger partial charge is 0.493 e. The van der Waals surface area contributed by atoms with Gasteiger partial charge in [0.25, 0.3) is 0 Å². The van der Waals surface area contributed by atoms with Crippen LogP contribution in [0.15, 0.2) is 53.9 Å². The van der Waals surface area contributed by atoms with Crippen molar-refractivity contribution in [3.8, 4) is 11.5 Å². The number of hydrogen-bond donors (Lipinski definition) is 1. The third-order valence-electron chi connectivity index (χ3n) is 4.50. The maximum atomic E-state index is 12.2. The summed E-state index contributed by atoms with van der Waals surface area (Å²) in [7, 11) is 5.40. The zero-order valence-corrected chi connectivity index (χ0v) is 18.0. The van der Waals surface area contributed by atoms with Crippen molar-refractivity contribution >= 4 is 28.1 Å². The van der Waals surface area contributed by atoms with Crippen molar-refractivity contribution in [2.24, 2.45) is 0 Å². The molecule has 1 atom stereocenters. The van der Waals surface area contributed by atoms with Crippen LogP contribution >= 0.6 is 11.3 Å². The molecule has 0 aliphatic heterocycles. The van der Waals surface area contributed by atoms with E-state index in [4.69, 9.17) is 14.5 Å². The zero-order valence-electron chi connectivity index (χ0n) is 17.1. The number of nitrogens with zero attached hydrogens (tertiary/aromatic N) is 2. The monoisotopic (exact) mass is 412 g/mol. The maximum Gasteiger partial charge on any atom is 0.230 e. The summed E-state index contributed by atoms with van der Waals surface area (Å²) in [6.07, 6.45) is 0. The molecule has 152 valence electrons. The number of methoxy groups -OCH3 is 2. The molecule has 1 amide bonds. The first kappa shape index (κ1) is 20.8. The summed E-state index contributed by atoms with van der Waals surface area (Å²) in [5.41, 5.74) is 2.95. The van der Waals surface area contributed by atoms with Gasteiger partial charge in [0.2, 0.25) is 5.91 Å². The summed E-state index contributed by atoms with van der Waals surface area (Å²) >= 11 is 1.48. The van der Waals surface area contributed by atoms with Crippen LogP contribution in [0.25, 0.3) is 0 Å². The summed E-state index contributed by atoms with van der Waals surface area (Å²) in [5, 5.41) is 2.71. The second-order valence-corrected chi connectivity index (χ2v) is 7.65. The molecular formula is C22H26N3O3S+. The number of amides is 1. The Morgan fingerprint density at radius 1 is 1.07 bits per heavy atom. The predicted octanol–water partition coefficient (Wildman–Crippen LogP) is 3.06. The van der Waals surface area contributed by atoms with E-state index in [-0.39, 0.29) is 5.91 Å². The van der Waals surface area contributed by atoms with E-state index in [2.05, 4.69) is 7.05 Å². The van der Waals surface area contributed by atoms with Gasteiger partial charge in [-0.3, -0.25) is 9.69 Å². The zero-order chi connectivity index (χ0) is 20.8. The molecule has 2 aromatic carbocycles. The van der Waals surface area contributed by atoms with Gasteiger partial charge in [0.15, 0.2) is 16.6 Å². The minimum atomic E-state index is -0.0527. The molecule has 0 fully saturated rings. The highest BCUT2D eigenvalue weighted by Gasteiger charge is 2.19. The molecule has 3 rings (SSSR count). The number of para-hydroxylation sites is 1. The third-order valence-corrected chi connectivity index (χ3v) is 5.37. The molecule has 0 aliphatic rings. The molecule has 3 aromatic rings. The number of quaternary nitrogens is 1. The third kappa shape index (κ3) is 5.13. The summed E-state index contributed by atoms with van der Waals surface area (Å²) in [4.78, 5) is 19.8. The molecule has 7 heteroatoms. The average molecular weight is 413 g/mol. The van der Waals surface area contributed by atoms with Crippen LogP contribution in [-0.4, -0.2) is 32.2 Å². The summed E-state index contributed by atoms with van der Waals surface area (Å²) in [6, 6.07) is 15.6. The molecule has 0 spiro atoms. The molecule has 0 saturated carbocycles. The first-order chi connectivity index (χ1) is 14.0. The number of benzene rings is 2. The first-order valence-electron chi connectivity index (χ1n) is 9.34. The fraction of sp³-hybridized carbons (Fsp3) is 0.273. The molecule has 0 bridgehead atoms. The Morgan fingerprint density at radius 3 is 2.45 bits per heavy atom. The van der Waals surface area contributed by atoms with Crippen LogP contribution in [0.2, 0.25) is 0 Å². The Hall–Kier alpha value is -2.90. The van der Waals surface area contributed by atoms with Gasteiger partial charge >= 0.3 is 0 Å². The van der Waals surface area contributed by atoms with Crippen molar-refractivity contribution in [3.05, 3.63) is 65.2 Å². The fourth-order valence-electron chi connectivity index (χ4n) is 3.19. The Kier molecular flexibility index (Phi) is 6.85. The van der Waals surface area contributed by atoms with Crippen molar-refractivity contribution < 1.29 is 19.2 Å². The molecule has 1 aromatic heterocycles. The lowest BCUT2D eigenvalue weighted by molar-refractivity contribution is -0.908. The first-order valence-corrected chi connectivity index (χ1v) is 10.2. The van der Waals surface area contributed by atoms with E-state index < -0.39 is 0 Å². The summed E-state index contributed by atoms with van der Waals surface area (Å²) < 4.78 is 10.7. The van der Waals surface area contributed by atoms with Crippen molar-refractivity contribution in [3.63, 3.8) is 0 Å². The van der Waals surface area contributed by atoms with Crippen LogP contribution in [0.4, 0.5) is 10.8 Å². The maximum absolute atomic E-state index is 12.2. The molecule has 1 N–H and O–H groups in total. The van der Waals surface area contributed by atoms with Crippen LogP contribution in [-0.2, 0) is 17.9 Å². The number of nitrogens with one attached hydrogen (secondary N) is 1. The number of anilines is 2. The molecule has 6 nitrogen and oxygen atoms in total. The van der Waals surface area contributed by atoms with Crippen LogP contribution in [0, 0.1) is 0 Å². The van der Waals surface area contributed by atoms with Crippen molar-refractivity contribution in [2.45, 2.75) is 20.0 Å². The molecular weight excluding hydrogens is 386 g/mol. The number of carbonyl (C=O) groups is 1. The standard InChI is InChI=1S/C22H25N3O3S/c1-16(26)25(19-8-6-5-7-9-19)22-23-18(15-29-22)14-24(2)13-17-10-11-20(27-3)21(12-17)28-4/h5-12,15H,13-14H2,1-4H3/p+1. The van der Waals surface area contributed by atoms with Gasteiger partial charge in [-0.2, -0.15) is 0 Å². The molecule has 29 heavy (non-hydrogen) atoms. The average Bonchev–Trinajstić information content (AvgIpc) is 3.16. The molecule has 0 saturated heterocycles. The molecule has 0 radical (unpaired) electrons. The van der Waals surface area contributed by atoms with Gasteiger partial charge in [-0.15, -0.1) is 11.3 Å². The number of carbonyl (C=O) groups excluding carboxylic acids is 1. The Balaban J connectivity index is 1.70. The van der Waals surface area contributed by atoms with Crippen LogP contribution < -0.4 is 19.3 Å². The number of hydrogen-bond acceptors (Lipinski definition) is 5. The van der Waals surface area contributed by atoms with E-state index in [0.717, 1.165) is 41.5 Å². The Morgan fingerprint density at radius 2 is 1.79 bits per heavy atom. The van der Waals surface area contributed by atoms with Crippen molar-refractivity contribution in [2.75, 3.05) is 26.2 Å². The highest BCUT2D eigenvalue weighted by Crippen LogP contribution is 2.29. The molecule has 1 heterocycles. The molecule has 0 aliphatic carbocycles. The van der Waals surface area contributed by atoms with Crippen molar-refractivity contribution in [1.82, 2.24) is 4.98 Å². The lowest BCUT2D eigenvalue weighted by Gasteiger charge is -2.18. The van der Waals surface area contributed by atoms with Gasteiger partial charge in [-0.25, -0.2) is 4.98 Å². The topological polar surface area (TPSA) is 56.1 Å². The van der Waals surface area contributed by atoms with Gasteiger partial charge in [0.1, 0.15) is 18.8 Å². The van der Waals surface area contributed by atoms with Crippen molar-refractivity contribution in [1.29, 1.82) is 0 Å². The van der Waals surface area contributed by atoms with E-state index in [1.165, 1.54) is 16.2 Å². The SMILES string of the molecule is COc1ccc(C[NH+](C)Cc2csc(N(C(C)=O)c3ccccc3)n2)cc1OC.